The Balaban J connectivity index is 1.97. The molecule has 0 unspecified atom stereocenters. The van der Waals surface area contributed by atoms with E-state index in [4.69, 9.17) is 4.74 Å². The Kier molecular flexibility index (Phi) is 6.74. The molecule has 3 aromatic rings. The summed E-state index contributed by atoms with van der Waals surface area (Å²) in [4.78, 5) is 11.7. The molecule has 0 heterocycles. The number of methoxy groups -OCH3 is 1. The maximum Gasteiger partial charge on any atom is 0.324 e. The second-order valence-corrected chi connectivity index (χ2v) is 9.34. The highest BCUT2D eigenvalue weighted by molar-refractivity contribution is 7.93. The Bertz CT molecular complexity index is 1210. The Morgan fingerprint density at radius 2 is 1.59 bits per heavy atom. The number of aryl methyl sites for hydroxylation is 3. The highest BCUT2D eigenvalue weighted by Gasteiger charge is 2.30. The molecule has 0 aliphatic rings. The summed E-state index contributed by atoms with van der Waals surface area (Å²) in [5, 5.41) is 12.6. The minimum Gasteiger partial charge on any atom is -0.497 e. The Labute approximate surface area is 188 Å². The fourth-order valence-corrected chi connectivity index (χ4v) is 5.53. The summed E-state index contributed by atoms with van der Waals surface area (Å²) in [6.45, 7) is 4.64. The van der Waals surface area contributed by atoms with E-state index in [9.17, 15) is 18.3 Å². The quantitative estimate of drug-likeness (QED) is 0.515. The summed E-state index contributed by atoms with van der Waals surface area (Å²) < 4.78 is 33.1. The van der Waals surface area contributed by atoms with Crippen molar-refractivity contribution in [1.29, 1.82) is 0 Å². The van der Waals surface area contributed by atoms with E-state index in [-0.39, 0.29) is 10.6 Å². The molecule has 3 aromatic carbocycles. The summed E-state index contributed by atoms with van der Waals surface area (Å²) >= 11 is 0. The number of nitrogens with zero attached hydrogens (tertiary/aromatic N) is 1. The van der Waals surface area contributed by atoms with Crippen LogP contribution in [0.4, 0.5) is 17.1 Å². The summed E-state index contributed by atoms with van der Waals surface area (Å²) in [6.07, 6.45) is 0. The fraction of sp³-hybridized carbons (Fsp3) is 0.208. The van der Waals surface area contributed by atoms with Crippen LogP contribution in [0.3, 0.4) is 0 Å². The van der Waals surface area contributed by atoms with Crippen molar-refractivity contribution in [3.05, 3.63) is 77.4 Å². The zero-order chi connectivity index (χ0) is 23.5. The number of hydrogen-bond donors (Lipinski definition) is 2. The summed E-state index contributed by atoms with van der Waals surface area (Å²) in [6, 6.07) is 17.5. The van der Waals surface area contributed by atoms with Crippen molar-refractivity contribution in [3.63, 3.8) is 0 Å². The average Bonchev–Trinajstić information content (AvgIpc) is 2.71. The predicted octanol–water partition coefficient (Wildman–Crippen LogP) is 4.64. The van der Waals surface area contributed by atoms with E-state index in [2.05, 4.69) is 5.32 Å². The van der Waals surface area contributed by atoms with E-state index in [1.165, 1.54) is 0 Å². The standard InChI is InChI=1S/C24H26N2O5S/c1-16-12-17(2)24(18(3)13-16)32(29,30)26(15-23(27)28)21-10-8-19(9-11-21)25-20-6-5-7-22(14-20)31-4/h5-14,25H,15H2,1-4H3,(H,27,28). The van der Waals surface area contributed by atoms with E-state index >= 15 is 0 Å². The van der Waals surface area contributed by atoms with Crippen LogP contribution < -0.4 is 14.4 Å². The Hall–Kier alpha value is -3.52. The van der Waals surface area contributed by atoms with Crippen LogP contribution in [0.5, 0.6) is 5.75 Å². The molecule has 0 aliphatic heterocycles. The minimum absolute atomic E-state index is 0.128. The summed E-state index contributed by atoms with van der Waals surface area (Å²) in [5.41, 5.74) is 3.89. The van der Waals surface area contributed by atoms with Gasteiger partial charge in [0.1, 0.15) is 12.3 Å². The van der Waals surface area contributed by atoms with Crippen molar-refractivity contribution in [1.82, 2.24) is 0 Å². The van der Waals surface area contributed by atoms with Crippen molar-refractivity contribution >= 4 is 33.1 Å². The molecule has 0 bridgehead atoms. The van der Waals surface area contributed by atoms with E-state index in [0.717, 1.165) is 21.2 Å². The molecular weight excluding hydrogens is 428 g/mol. The SMILES string of the molecule is COc1cccc(Nc2ccc(N(CC(=O)O)S(=O)(=O)c3c(C)cc(C)cc3C)cc2)c1. The normalized spacial score (nSPS) is 11.1. The largest absolute Gasteiger partial charge is 0.497 e. The molecule has 0 saturated carbocycles. The van der Waals surface area contributed by atoms with Crippen molar-refractivity contribution in [2.45, 2.75) is 25.7 Å². The van der Waals surface area contributed by atoms with Gasteiger partial charge in [-0.15, -0.1) is 0 Å². The second-order valence-electron chi connectivity index (χ2n) is 7.54. The van der Waals surface area contributed by atoms with Gasteiger partial charge in [0, 0.05) is 17.4 Å². The monoisotopic (exact) mass is 454 g/mol. The van der Waals surface area contributed by atoms with Crippen LogP contribution in [-0.2, 0) is 14.8 Å². The van der Waals surface area contributed by atoms with Gasteiger partial charge in [0.05, 0.1) is 17.7 Å². The van der Waals surface area contributed by atoms with Gasteiger partial charge in [0.15, 0.2) is 0 Å². The third kappa shape index (κ3) is 5.03. The van der Waals surface area contributed by atoms with Crippen LogP contribution in [0.15, 0.2) is 65.6 Å². The summed E-state index contributed by atoms with van der Waals surface area (Å²) in [7, 11) is -2.51. The highest BCUT2D eigenvalue weighted by atomic mass is 32.2. The van der Waals surface area contributed by atoms with Gasteiger partial charge >= 0.3 is 5.97 Å². The van der Waals surface area contributed by atoms with Gasteiger partial charge in [-0.1, -0.05) is 23.8 Å². The number of sulfonamides is 1. The molecule has 0 atom stereocenters. The van der Waals surface area contributed by atoms with Crippen LogP contribution in [-0.4, -0.2) is 33.1 Å². The van der Waals surface area contributed by atoms with Crippen molar-refractivity contribution in [2.24, 2.45) is 0 Å². The molecule has 0 aliphatic carbocycles. The van der Waals surface area contributed by atoms with Crippen LogP contribution in [0.1, 0.15) is 16.7 Å². The lowest BCUT2D eigenvalue weighted by Gasteiger charge is -2.25. The van der Waals surface area contributed by atoms with Gasteiger partial charge in [-0.3, -0.25) is 9.10 Å². The van der Waals surface area contributed by atoms with Crippen molar-refractivity contribution < 1.29 is 23.1 Å². The number of aliphatic carboxylic acids is 1. The van der Waals surface area contributed by atoms with Gasteiger partial charge in [-0.05, 0) is 68.3 Å². The van der Waals surface area contributed by atoms with Gasteiger partial charge in [0.2, 0.25) is 0 Å². The lowest BCUT2D eigenvalue weighted by atomic mass is 10.1. The molecule has 0 radical (unpaired) electrons. The molecule has 7 nitrogen and oxygen atoms in total. The molecule has 8 heteroatoms. The fourth-order valence-electron chi connectivity index (χ4n) is 3.70. The topological polar surface area (TPSA) is 95.9 Å². The van der Waals surface area contributed by atoms with Crippen LogP contribution in [0.2, 0.25) is 0 Å². The van der Waals surface area contributed by atoms with Gasteiger partial charge in [0.25, 0.3) is 10.0 Å². The maximum absolute atomic E-state index is 13.5. The molecule has 0 saturated heterocycles. The third-order valence-electron chi connectivity index (χ3n) is 4.95. The average molecular weight is 455 g/mol. The molecule has 3 rings (SSSR count). The Morgan fingerprint density at radius 1 is 0.969 bits per heavy atom. The van der Waals surface area contributed by atoms with E-state index in [1.807, 2.05) is 31.2 Å². The van der Waals surface area contributed by atoms with Gasteiger partial charge in [-0.2, -0.15) is 0 Å². The number of ether oxygens (including phenoxy) is 1. The van der Waals surface area contributed by atoms with Crippen LogP contribution in [0, 0.1) is 20.8 Å². The van der Waals surface area contributed by atoms with E-state index < -0.39 is 22.5 Å². The first-order valence-corrected chi connectivity index (χ1v) is 11.4. The second kappa shape index (κ2) is 9.32. The van der Waals surface area contributed by atoms with Crippen LogP contribution >= 0.6 is 0 Å². The van der Waals surface area contributed by atoms with E-state index in [0.29, 0.717) is 16.9 Å². The number of carboxylic acid groups (broad SMARTS) is 1. The zero-order valence-electron chi connectivity index (χ0n) is 18.4. The molecule has 0 aromatic heterocycles. The molecule has 0 fully saturated rings. The number of anilines is 3. The van der Waals surface area contributed by atoms with E-state index in [1.54, 1.807) is 57.4 Å². The van der Waals surface area contributed by atoms with Gasteiger partial charge in [-0.25, -0.2) is 8.42 Å². The molecule has 168 valence electrons. The Morgan fingerprint density at radius 3 is 2.16 bits per heavy atom. The molecule has 32 heavy (non-hydrogen) atoms. The molecular formula is C24H26N2O5S. The lowest BCUT2D eigenvalue weighted by Crippen LogP contribution is -2.36. The maximum atomic E-state index is 13.5. The first kappa shape index (κ1) is 23.1. The number of carboxylic acids is 1. The predicted molar refractivity (Wildman–Crippen MR) is 126 cm³/mol. The van der Waals surface area contributed by atoms with Crippen molar-refractivity contribution in [3.8, 4) is 5.75 Å². The highest BCUT2D eigenvalue weighted by Crippen LogP contribution is 2.30. The molecule has 0 spiro atoms. The van der Waals surface area contributed by atoms with Crippen LogP contribution in [0.25, 0.3) is 0 Å². The van der Waals surface area contributed by atoms with Gasteiger partial charge < -0.3 is 15.2 Å². The summed E-state index contributed by atoms with van der Waals surface area (Å²) in [5.74, 6) is -0.538. The number of carbonyl (C=O) groups is 1. The lowest BCUT2D eigenvalue weighted by molar-refractivity contribution is -0.135. The third-order valence-corrected chi connectivity index (χ3v) is 7.03. The molecule has 0 amide bonds. The number of rotatable bonds is 8. The number of nitrogens with one attached hydrogen (secondary N) is 1. The minimum atomic E-state index is -4.09. The molecule has 2 N–H and O–H groups in total. The number of benzene rings is 3. The first-order valence-electron chi connectivity index (χ1n) is 9.95. The number of hydrogen-bond acceptors (Lipinski definition) is 5. The smallest absolute Gasteiger partial charge is 0.324 e. The zero-order valence-corrected chi connectivity index (χ0v) is 19.2. The van der Waals surface area contributed by atoms with Crippen molar-refractivity contribution in [2.75, 3.05) is 23.3 Å². The first-order chi connectivity index (χ1) is 15.1.